The van der Waals surface area contributed by atoms with Gasteiger partial charge in [0.05, 0.1) is 6.04 Å². The molecule has 1 aliphatic heterocycles. The number of hydrogen-bond acceptors (Lipinski definition) is 5. The van der Waals surface area contributed by atoms with Crippen molar-refractivity contribution in [3.05, 3.63) is 65.7 Å². The van der Waals surface area contributed by atoms with E-state index in [1.807, 2.05) is 68.4 Å². The molecule has 3 amide bonds. The van der Waals surface area contributed by atoms with Crippen LogP contribution >= 0.6 is 0 Å². The van der Waals surface area contributed by atoms with Gasteiger partial charge in [-0.05, 0) is 49.8 Å². The van der Waals surface area contributed by atoms with Crippen molar-refractivity contribution in [3.63, 3.8) is 0 Å². The molecule has 1 heterocycles. The van der Waals surface area contributed by atoms with Crippen molar-refractivity contribution in [3.8, 4) is 5.75 Å². The van der Waals surface area contributed by atoms with Crippen LogP contribution in [0, 0.1) is 5.92 Å². The molecule has 212 valence electrons. The quantitative estimate of drug-likeness (QED) is 0.546. The van der Waals surface area contributed by atoms with Gasteiger partial charge in [0.2, 0.25) is 17.7 Å². The Hall–Kier alpha value is -3.39. The predicted octanol–water partition coefficient (Wildman–Crippen LogP) is 3.10. The summed E-state index contributed by atoms with van der Waals surface area (Å²) in [4.78, 5) is 42.0. The second-order valence-corrected chi connectivity index (χ2v) is 10.2. The molecule has 3 rings (SSSR count). The molecule has 3 N–H and O–H groups in total. The number of hydrogen-bond donors (Lipinski definition) is 3. The zero-order valence-electron chi connectivity index (χ0n) is 23.7. The fraction of sp³-hybridized carbons (Fsp3) is 0.516. The topological polar surface area (TPSA) is 99.8 Å². The molecule has 0 radical (unpaired) electrons. The Bertz CT molecular complexity index is 1080. The van der Waals surface area contributed by atoms with E-state index < -0.39 is 18.1 Å². The van der Waals surface area contributed by atoms with Gasteiger partial charge >= 0.3 is 0 Å². The van der Waals surface area contributed by atoms with E-state index in [0.29, 0.717) is 32.7 Å². The van der Waals surface area contributed by atoms with Crippen LogP contribution in [0.25, 0.3) is 0 Å². The number of aryl methyl sites for hydroxylation is 1. The van der Waals surface area contributed by atoms with Crippen LogP contribution in [0.15, 0.2) is 54.6 Å². The highest BCUT2D eigenvalue weighted by atomic mass is 16.5. The van der Waals surface area contributed by atoms with Crippen LogP contribution in [-0.4, -0.2) is 67.0 Å². The van der Waals surface area contributed by atoms with Gasteiger partial charge in [-0.1, -0.05) is 68.8 Å². The molecule has 0 fully saturated rings. The zero-order chi connectivity index (χ0) is 28.2. The first kappa shape index (κ1) is 30.2. The highest BCUT2D eigenvalue weighted by Crippen LogP contribution is 2.20. The number of ether oxygens (including phenoxy) is 1. The molecule has 2 aromatic carbocycles. The first-order valence-electron chi connectivity index (χ1n) is 14.2. The van der Waals surface area contributed by atoms with E-state index in [9.17, 15) is 14.4 Å². The van der Waals surface area contributed by atoms with Crippen molar-refractivity contribution in [2.24, 2.45) is 5.92 Å². The summed E-state index contributed by atoms with van der Waals surface area (Å²) in [5, 5.41) is 9.34. The van der Waals surface area contributed by atoms with Crippen molar-refractivity contribution in [1.82, 2.24) is 20.9 Å². The monoisotopic (exact) mass is 536 g/mol. The van der Waals surface area contributed by atoms with Gasteiger partial charge < -0.3 is 25.6 Å². The number of carbonyl (C=O) groups is 3. The van der Waals surface area contributed by atoms with Crippen molar-refractivity contribution in [2.45, 2.75) is 71.5 Å². The van der Waals surface area contributed by atoms with Gasteiger partial charge in [-0.3, -0.25) is 14.4 Å². The van der Waals surface area contributed by atoms with Gasteiger partial charge in [-0.25, -0.2) is 0 Å². The van der Waals surface area contributed by atoms with Gasteiger partial charge in [0.15, 0.2) is 0 Å². The largest absolute Gasteiger partial charge is 0.492 e. The van der Waals surface area contributed by atoms with Crippen LogP contribution in [0.2, 0.25) is 0 Å². The van der Waals surface area contributed by atoms with Gasteiger partial charge in [-0.15, -0.1) is 0 Å². The van der Waals surface area contributed by atoms with E-state index in [4.69, 9.17) is 4.74 Å². The number of benzene rings is 2. The van der Waals surface area contributed by atoms with E-state index in [2.05, 4.69) is 22.9 Å². The lowest BCUT2D eigenvalue weighted by Crippen LogP contribution is -2.58. The fourth-order valence-electron chi connectivity index (χ4n) is 4.90. The first-order valence-corrected chi connectivity index (χ1v) is 14.2. The number of carbonyl (C=O) groups excluding carboxylic acids is 3. The molecule has 0 aliphatic carbocycles. The molecule has 0 bridgehead atoms. The number of amides is 3. The predicted molar refractivity (Wildman–Crippen MR) is 153 cm³/mol. The summed E-state index contributed by atoms with van der Waals surface area (Å²) in [7, 11) is 0. The smallest absolute Gasteiger partial charge is 0.243 e. The minimum atomic E-state index is -0.755. The Labute approximate surface area is 232 Å². The molecule has 39 heavy (non-hydrogen) atoms. The molecule has 4 atom stereocenters. The highest BCUT2D eigenvalue weighted by Gasteiger charge is 2.34. The van der Waals surface area contributed by atoms with Crippen LogP contribution in [0.3, 0.4) is 0 Å². The maximum absolute atomic E-state index is 13.7. The fourth-order valence-corrected chi connectivity index (χ4v) is 4.90. The summed E-state index contributed by atoms with van der Waals surface area (Å²) < 4.78 is 6.09. The van der Waals surface area contributed by atoms with E-state index in [1.54, 1.807) is 11.8 Å². The van der Waals surface area contributed by atoms with Gasteiger partial charge in [0.1, 0.15) is 24.4 Å². The standard InChI is InChI=1S/C31H44N4O4/c1-5-22(3)28-31(38)35(6-2)23(4)29(36)34-26(21-24-13-8-7-9-14-24)30(37)33-18-12-16-25-15-10-11-17-27(25)39-20-19-32-28/h7-11,13-15,17,22-23,26,28,32H,5-6,12,16,18-21H2,1-4H3,(H,33,37)(H,34,36)/t22-,23+,26+,28-/m0/s1. The average molecular weight is 537 g/mol. The number of fused-ring (bicyclic) bond motifs is 1. The third kappa shape index (κ3) is 8.55. The van der Waals surface area contributed by atoms with E-state index in [1.165, 1.54) is 0 Å². The lowest BCUT2D eigenvalue weighted by molar-refractivity contribution is -0.143. The number of para-hydroxylation sites is 1. The van der Waals surface area contributed by atoms with Crippen LogP contribution < -0.4 is 20.7 Å². The lowest BCUT2D eigenvalue weighted by Gasteiger charge is -2.34. The first-order chi connectivity index (χ1) is 18.8. The molecule has 0 saturated heterocycles. The minimum Gasteiger partial charge on any atom is -0.492 e. The van der Waals surface area contributed by atoms with Gasteiger partial charge in [0.25, 0.3) is 0 Å². The average Bonchev–Trinajstić information content (AvgIpc) is 2.95. The SMILES string of the molecule is CC[C@H](C)[C@@H]1NCCOc2ccccc2CCCNC(=O)[C@@H](Cc2ccccc2)NC(=O)[C@@H](C)N(CC)C1=O. The Balaban J connectivity index is 1.88. The van der Waals surface area contributed by atoms with E-state index in [0.717, 1.165) is 36.1 Å². The lowest BCUT2D eigenvalue weighted by atomic mass is 9.97. The van der Waals surface area contributed by atoms with Gasteiger partial charge in [0, 0.05) is 26.1 Å². The third-order valence-corrected chi connectivity index (χ3v) is 7.48. The third-order valence-electron chi connectivity index (χ3n) is 7.48. The number of likely N-dealkylation sites (N-methyl/N-ethyl adjacent to an activating group) is 1. The summed E-state index contributed by atoms with van der Waals surface area (Å²) in [6, 6.07) is 15.6. The number of rotatable bonds is 5. The maximum atomic E-state index is 13.7. The van der Waals surface area contributed by atoms with Gasteiger partial charge in [-0.2, -0.15) is 0 Å². The zero-order valence-corrected chi connectivity index (χ0v) is 23.7. The second-order valence-electron chi connectivity index (χ2n) is 10.2. The normalized spacial score (nSPS) is 22.9. The summed E-state index contributed by atoms with van der Waals surface area (Å²) in [5.74, 6) is 0.175. The molecule has 0 aromatic heterocycles. The molecular formula is C31H44N4O4. The minimum absolute atomic E-state index is 0.0660. The Morgan fingerprint density at radius 2 is 1.69 bits per heavy atom. The molecule has 8 nitrogen and oxygen atoms in total. The number of nitrogens with one attached hydrogen (secondary N) is 3. The summed E-state index contributed by atoms with van der Waals surface area (Å²) in [6.45, 7) is 9.45. The van der Waals surface area contributed by atoms with Crippen molar-refractivity contribution >= 4 is 17.7 Å². The molecule has 0 saturated carbocycles. The van der Waals surface area contributed by atoms with E-state index >= 15 is 0 Å². The molecule has 1 aliphatic rings. The second kappa shape index (κ2) is 15.3. The van der Waals surface area contributed by atoms with Crippen molar-refractivity contribution in [2.75, 3.05) is 26.2 Å². The van der Waals surface area contributed by atoms with Crippen LogP contribution in [-0.2, 0) is 27.2 Å². The summed E-state index contributed by atoms with van der Waals surface area (Å²) in [5.41, 5.74) is 2.02. The Morgan fingerprint density at radius 3 is 2.41 bits per heavy atom. The number of nitrogens with zero attached hydrogens (tertiary/aromatic N) is 1. The van der Waals surface area contributed by atoms with E-state index in [-0.39, 0.29) is 23.6 Å². The van der Waals surface area contributed by atoms with Crippen molar-refractivity contribution < 1.29 is 19.1 Å². The maximum Gasteiger partial charge on any atom is 0.243 e. The van der Waals surface area contributed by atoms with Crippen LogP contribution in [0.5, 0.6) is 5.75 Å². The molecule has 0 unspecified atom stereocenters. The highest BCUT2D eigenvalue weighted by molar-refractivity contribution is 5.93. The molecule has 0 spiro atoms. The van der Waals surface area contributed by atoms with Crippen molar-refractivity contribution in [1.29, 1.82) is 0 Å². The Kier molecular flexibility index (Phi) is 11.8. The van der Waals surface area contributed by atoms with Crippen LogP contribution in [0.4, 0.5) is 0 Å². The van der Waals surface area contributed by atoms with Crippen LogP contribution in [0.1, 0.15) is 51.7 Å². The molecular weight excluding hydrogens is 492 g/mol. The summed E-state index contributed by atoms with van der Waals surface area (Å²) >= 11 is 0. The molecule has 2 aromatic rings. The Morgan fingerprint density at radius 1 is 0.974 bits per heavy atom. The molecule has 8 heteroatoms. The summed E-state index contributed by atoms with van der Waals surface area (Å²) in [6.07, 6.45) is 2.65.